The molecule has 3 rings (SSSR count). The van der Waals surface area contributed by atoms with Gasteiger partial charge in [-0.2, -0.15) is 0 Å². The van der Waals surface area contributed by atoms with Crippen LogP contribution in [0, 0.1) is 0 Å². The zero-order valence-corrected chi connectivity index (χ0v) is 9.16. The molecule has 0 radical (unpaired) electrons. The van der Waals surface area contributed by atoms with Crippen LogP contribution in [0.4, 0.5) is 0 Å². The van der Waals surface area contributed by atoms with E-state index in [1.165, 1.54) is 31.0 Å². The van der Waals surface area contributed by atoms with Gasteiger partial charge >= 0.3 is 0 Å². The lowest BCUT2D eigenvalue weighted by atomic mass is 10.0. The van der Waals surface area contributed by atoms with Crippen molar-refractivity contribution < 1.29 is 0 Å². The summed E-state index contributed by atoms with van der Waals surface area (Å²) in [7, 11) is 2.19. The predicted octanol–water partition coefficient (Wildman–Crippen LogP) is 0.516. The van der Waals surface area contributed by atoms with E-state index in [9.17, 15) is 0 Å². The highest BCUT2D eigenvalue weighted by Gasteiger charge is 2.26. The van der Waals surface area contributed by atoms with Crippen LogP contribution in [0.3, 0.4) is 0 Å². The molecule has 0 aromatic carbocycles. The summed E-state index contributed by atoms with van der Waals surface area (Å²) in [5, 5.41) is 3.28. The summed E-state index contributed by atoms with van der Waals surface area (Å²) in [6.07, 6.45) is 3.30. The molecule has 3 heterocycles. The number of nitrogens with zero attached hydrogens (tertiary/aromatic N) is 2. The van der Waals surface area contributed by atoms with Crippen molar-refractivity contribution in [1.29, 1.82) is 0 Å². The van der Waals surface area contributed by atoms with E-state index in [4.69, 9.17) is 0 Å². The Kier molecular flexibility index (Phi) is 2.25. The molecule has 2 fully saturated rings. The molecule has 4 nitrogen and oxygen atoms in total. The standard InChI is InChI=1S/C11H18N4/c1-15-3-2-8(7-15)10-6-13-11(14-10)9-4-12-5-9/h6,8-9,12H,2-5,7H2,1H3,(H,13,14). The molecule has 0 amide bonds. The van der Waals surface area contributed by atoms with E-state index in [2.05, 4.69) is 27.2 Å². The average molecular weight is 206 g/mol. The molecule has 1 unspecified atom stereocenters. The summed E-state index contributed by atoms with van der Waals surface area (Å²) < 4.78 is 0. The first kappa shape index (κ1) is 9.36. The zero-order valence-electron chi connectivity index (χ0n) is 9.16. The number of likely N-dealkylation sites (tertiary alicyclic amines) is 1. The van der Waals surface area contributed by atoms with Crippen molar-refractivity contribution in [2.45, 2.75) is 18.3 Å². The van der Waals surface area contributed by atoms with Gasteiger partial charge in [0, 0.05) is 43.4 Å². The van der Waals surface area contributed by atoms with Crippen molar-refractivity contribution in [3.05, 3.63) is 17.7 Å². The van der Waals surface area contributed by atoms with Gasteiger partial charge in [-0.25, -0.2) is 4.98 Å². The number of imidazole rings is 1. The van der Waals surface area contributed by atoms with Crippen LogP contribution >= 0.6 is 0 Å². The van der Waals surface area contributed by atoms with Crippen molar-refractivity contribution in [3.8, 4) is 0 Å². The van der Waals surface area contributed by atoms with E-state index >= 15 is 0 Å². The fourth-order valence-electron chi connectivity index (χ4n) is 2.44. The minimum atomic E-state index is 0.623. The van der Waals surface area contributed by atoms with Crippen LogP contribution in [0.15, 0.2) is 6.20 Å². The van der Waals surface area contributed by atoms with E-state index in [1.807, 2.05) is 6.20 Å². The van der Waals surface area contributed by atoms with Crippen molar-refractivity contribution in [2.75, 3.05) is 33.2 Å². The molecular formula is C11H18N4. The summed E-state index contributed by atoms with van der Waals surface area (Å²) in [6.45, 7) is 4.55. The number of aromatic amines is 1. The van der Waals surface area contributed by atoms with Crippen LogP contribution in [-0.2, 0) is 0 Å². The lowest BCUT2D eigenvalue weighted by molar-refractivity contribution is 0.410. The Hall–Kier alpha value is -0.870. The van der Waals surface area contributed by atoms with Gasteiger partial charge < -0.3 is 15.2 Å². The predicted molar refractivity (Wildman–Crippen MR) is 59.1 cm³/mol. The highest BCUT2D eigenvalue weighted by molar-refractivity contribution is 5.14. The lowest BCUT2D eigenvalue weighted by Gasteiger charge is -2.24. The number of rotatable bonds is 2. The Morgan fingerprint density at radius 3 is 2.87 bits per heavy atom. The highest BCUT2D eigenvalue weighted by atomic mass is 15.1. The second-order valence-corrected chi connectivity index (χ2v) is 4.83. The molecule has 2 N–H and O–H groups in total. The van der Waals surface area contributed by atoms with Gasteiger partial charge in [0.25, 0.3) is 0 Å². The quantitative estimate of drug-likeness (QED) is 0.741. The largest absolute Gasteiger partial charge is 0.345 e. The second kappa shape index (κ2) is 3.61. The van der Waals surface area contributed by atoms with Crippen molar-refractivity contribution in [2.24, 2.45) is 0 Å². The van der Waals surface area contributed by atoms with Crippen molar-refractivity contribution >= 4 is 0 Å². The summed E-state index contributed by atoms with van der Waals surface area (Å²) in [5.41, 5.74) is 1.33. The fraction of sp³-hybridized carbons (Fsp3) is 0.727. The minimum absolute atomic E-state index is 0.623. The first-order valence-corrected chi connectivity index (χ1v) is 5.77. The molecule has 1 atom stereocenters. The van der Waals surface area contributed by atoms with Gasteiger partial charge in [-0.05, 0) is 20.0 Å². The lowest BCUT2D eigenvalue weighted by Crippen LogP contribution is -2.40. The Bertz CT molecular complexity index is 342. The molecule has 0 saturated carbocycles. The summed E-state index contributed by atoms with van der Waals surface area (Å²) in [5.74, 6) is 2.47. The van der Waals surface area contributed by atoms with Gasteiger partial charge in [0.15, 0.2) is 0 Å². The molecule has 2 aliphatic rings. The highest BCUT2D eigenvalue weighted by Crippen LogP contribution is 2.26. The van der Waals surface area contributed by atoms with Crippen molar-refractivity contribution in [1.82, 2.24) is 20.2 Å². The maximum absolute atomic E-state index is 4.49. The molecule has 0 aliphatic carbocycles. The number of hydrogen-bond acceptors (Lipinski definition) is 3. The SMILES string of the molecule is CN1CCC(c2cnc(C3CNC3)[nH]2)C1. The Balaban J connectivity index is 1.72. The van der Waals surface area contributed by atoms with E-state index in [1.54, 1.807) is 0 Å². The third-order valence-electron chi connectivity index (χ3n) is 3.61. The molecule has 0 bridgehead atoms. The van der Waals surface area contributed by atoms with E-state index in [-0.39, 0.29) is 0 Å². The van der Waals surface area contributed by atoms with Gasteiger partial charge in [0.1, 0.15) is 5.82 Å². The summed E-state index contributed by atoms with van der Waals surface area (Å²) in [6, 6.07) is 0. The van der Waals surface area contributed by atoms with Crippen LogP contribution in [0.2, 0.25) is 0 Å². The minimum Gasteiger partial charge on any atom is -0.345 e. The fourth-order valence-corrected chi connectivity index (χ4v) is 2.44. The Morgan fingerprint density at radius 1 is 1.40 bits per heavy atom. The number of likely N-dealkylation sites (N-methyl/N-ethyl adjacent to an activating group) is 1. The van der Waals surface area contributed by atoms with Crippen molar-refractivity contribution in [3.63, 3.8) is 0 Å². The van der Waals surface area contributed by atoms with Gasteiger partial charge in [-0.3, -0.25) is 0 Å². The first-order valence-electron chi connectivity index (χ1n) is 5.77. The number of aromatic nitrogens is 2. The zero-order chi connectivity index (χ0) is 10.3. The van der Waals surface area contributed by atoms with Crippen LogP contribution in [0.25, 0.3) is 0 Å². The molecule has 1 aromatic rings. The Morgan fingerprint density at radius 2 is 2.27 bits per heavy atom. The van der Waals surface area contributed by atoms with Crippen LogP contribution in [0.5, 0.6) is 0 Å². The molecule has 15 heavy (non-hydrogen) atoms. The topological polar surface area (TPSA) is 44.0 Å². The van der Waals surface area contributed by atoms with Gasteiger partial charge in [-0.1, -0.05) is 0 Å². The number of hydrogen-bond donors (Lipinski definition) is 2. The van der Waals surface area contributed by atoms with E-state index < -0.39 is 0 Å². The van der Waals surface area contributed by atoms with Crippen LogP contribution in [0.1, 0.15) is 29.8 Å². The Labute approximate surface area is 90.1 Å². The summed E-state index contributed by atoms with van der Waals surface area (Å²) >= 11 is 0. The van der Waals surface area contributed by atoms with Gasteiger partial charge in [0.2, 0.25) is 0 Å². The molecule has 4 heteroatoms. The summed E-state index contributed by atoms with van der Waals surface area (Å²) in [4.78, 5) is 10.4. The third-order valence-corrected chi connectivity index (χ3v) is 3.61. The van der Waals surface area contributed by atoms with Crippen LogP contribution in [-0.4, -0.2) is 48.1 Å². The van der Waals surface area contributed by atoms with Gasteiger partial charge in [-0.15, -0.1) is 0 Å². The van der Waals surface area contributed by atoms with Crippen LogP contribution < -0.4 is 5.32 Å². The maximum Gasteiger partial charge on any atom is 0.111 e. The average Bonchev–Trinajstić information content (AvgIpc) is 2.70. The third kappa shape index (κ3) is 1.68. The molecular weight excluding hydrogens is 188 g/mol. The molecule has 82 valence electrons. The maximum atomic E-state index is 4.49. The van der Waals surface area contributed by atoms with Gasteiger partial charge in [0.05, 0.1) is 0 Å². The molecule has 2 aliphatic heterocycles. The molecule has 2 saturated heterocycles. The normalized spacial score (nSPS) is 28.2. The first-order chi connectivity index (χ1) is 7.33. The van der Waals surface area contributed by atoms with E-state index in [0.29, 0.717) is 11.8 Å². The molecule has 1 aromatic heterocycles. The molecule has 0 spiro atoms. The smallest absolute Gasteiger partial charge is 0.111 e. The monoisotopic (exact) mass is 206 g/mol. The second-order valence-electron chi connectivity index (χ2n) is 4.83. The van der Waals surface area contributed by atoms with E-state index in [0.717, 1.165) is 13.1 Å². The number of H-pyrrole nitrogens is 1. The number of nitrogens with one attached hydrogen (secondary N) is 2.